The lowest BCUT2D eigenvalue weighted by Gasteiger charge is -2.31. The van der Waals surface area contributed by atoms with Crippen LogP contribution in [-0.4, -0.2) is 44.2 Å². The predicted octanol–water partition coefficient (Wildman–Crippen LogP) is 3.18. The molecule has 7 nitrogen and oxygen atoms in total. The molecule has 1 aliphatic heterocycles. The Morgan fingerprint density at radius 3 is 2.86 bits per heavy atom. The molecular weight excluding hydrogens is 378 g/mol. The van der Waals surface area contributed by atoms with Crippen LogP contribution in [0.1, 0.15) is 29.0 Å². The van der Waals surface area contributed by atoms with Crippen LogP contribution in [0, 0.1) is 12.8 Å². The van der Waals surface area contributed by atoms with Crippen molar-refractivity contribution >= 4 is 34.9 Å². The van der Waals surface area contributed by atoms with E-state index in [1.165, 1.54) is 6.20 Å². The minimum absolute atomic E-state index is 0.141. The van der Waals surface area contributed by atoms with Gasteiger partial charge in [-0.05, 0) is 44.0 Å². The fraction of sp³-hybridized carbons (Fsp3) is 0.300. The molecule has 1 atom stereocenters. The van der Waals surface area contributed by atoms with Crippen molar-refractivity contribution in [3.05, 3.63) is 59.1 Å². The minimum atomic E-state index is -0.283. The highest BCUT2D eigenvalue weighted by atomic mass is 35.5. The average Bonchev–Trinajstić information content (AvgIpc) is 3.15. The molecule has 4 heterocycles. The van der Waals surface area contributed by atoms with Crippen LogP contribution < -0.4 is 5.32 Å². The lowest BCUT2D eigenvalue weighted by Crippen LogP contribution is -2.44. The molecule has 8 heteroatoms. The van der Waals surface area contributed by atoms with Crippen molar-refractivity contribution in [2.75, 3.05) is 18.4 Å². The summed E-state index contributed by atoms with van der Waals surface area (Å²) in [6, 6.07) is 9.08. The number of likely N-dealkylation sites (tertiary alicyclic amines) is 1. The first-order valence-electron chi connectivity index (χ1n) is 9.17. The molecule has 0 aliphatic carbocycles. The fourth-order valence-corrected chi connectivity index (χ4v) is 3.58. The van der Waals surface area contributed by atoms with Crippen LogP contribution in [0.25, 0.3) is 5.65 Å². The monoisotopic (exact) mass is 397 g/mol. The van der Waals surface area contributed by atoms with Crippen LogP contribution in [0.15, 0.2) is 42.7 Å². The van der Waals surface area contributed by atoms with Gasteiger partial charge in [0.25, 0.3) is 5.91 Å². The number of halogens is 1. The summed E-state index contributed by atoms with van der Waals surface area (Å²) in [7, 11) is 0. The van der Waals surface area contributed by atoms with Crippen molar-refractivity contribution in [1.82, 2.24) is 19.3 Å². The zero-order chi connectivity index (χ0) is 19.7. The summed E-state index contributed by atoms with van der Waals surface area (Å²) >= 11 is 5.82. The van der Waals surface area contributed by atoms with Crippen LogP contribution in [-0.2, 0) is 4.79 Å². The maximum atomic E-state index is 12.9. The lowest BCUT2D eigenvalue weighted by molar-refractivity contribution is -0.121. The second-order valence-electron chi connectivity index (χ2n) is 6.96. The standard InChI is InChI=1S/C20H20ClN5O2/c1-13-4-2-6-18-23-16(12-26(13)18)20(28)25-9-3-5-14(11-25)19(27)24-17-8-7-15(21)10-22-17/h2,4,6-8,10,12,14H,3,5,9,11H2,1H3,(H,22,24,27). The summed E-state index contributed by atoms with van der Waals surface area (Å²) in [5.74, 6) is -0.119. The summed E-state index contributed by atoms with van der Waals surface area (Å²) in [5.41, 5.74) is 2.15. The Morgan fingerprint density at radius 1 is 1.25 bits per heavy atom. The molecule has 1 N–H and O–H groups in total. The largest absolute Gasteiger partial charge is 0.336 e. The van der Waals surface area contributed by atoms with E-state index >= 15 is 0 Å². The van der Waals surface area contributed by atoms with Gasteiger partial charge in [0, 0.05) is 31.2 Å². The van der Waals surface area contributed by atoms with E-state index in [0.717, 1.165) is 24.2 Å². The van der Waals surface area contributed by atoms with Crippen LogP contribution in [0.4, 0.5) is 5.82 Å². The third kappa shape index (κ3) is 3.71. The minimum Gasteiger partial charge on any atom is -0.336 e. The third-order valence-electron chi connectivity index (χ3n) is 4.97. The summed E-state index contributed by atoms with van der Waals surface area (Å²) in [6.07, 6.45) is 4.74. The number of hydrogen-bond acceptors (Lipinski definition) is 4. The van der Waals surface area contributed by atoms with Gasteiger partial charge in [-0.2, -0.15) is 0 Å². The molecule has 0 spiro atoms. The second kappa shape index (κ2) is 7.59. The van der Waals surface area contributed by atoms with Gasteiger partial charge in [-0.15, -0.1) is 0 Å². The number of carbonyl (C=O) groups excluding carboxylic acids is 2. The average molecular weight is 398 g/mol. The van der Waals surface area contributed by atoms with Gasteiger partial charge in [0.15, 0.2) is 0 Å². The summed E-state index contributed by atoms with van der Waals surface area (Å²) in [5, 5.41) is 3.31. The number of hydrogen-bond donors (Lipinski definition) is 1. The van der Waals surface area contributed by atoms with Gasteiger partial charge in [-0.3, -0.25) is 9.59 Å². The van der Waals surface area contributed by atoms with Crippen molar-refractivity contribution in [3.63, 3.8) is 0 Å². The van der Waals surface area contributed by atoms with Crippen LogP contribution in [0.2, 0.25) is 5.02 Å². The molecule has 3 aromatic rings. The highest BCUT2D eigenvalue weighted by molar-refractivity contribution is 6.30. The normalized spacial score (nSPS) is 16.9. The molecular formula is C20H20ClN5O2. The fourth-order valence-electron chi connectivity index (χ4n) is 3.47. The molecule has 2 amide bonds. The van der Waals surface area contributed by atoms with Crippen molar-refractivity contribution in [1.29, 1.82) is 0 Å². The number of rotatable bonds is 3. The molecule has 3 aromatic heterocycles. The molecule has 1 fully saturated rings. The van der Waals surface area contributed by atoms with Gasteiger partial charge >= 0.3 is 0 Å². The van der Waals surface area contributed by atoms with Gasteiger partial charge < -0.3 is 14.6 Å². The number of pyridine rings is 2. The maximum Gasteiger partial charge on any atom is 0.274 e. The van der Waals surface area contributed by atoms with E-state index in [4.69, 9.17) is 11.6 Å². The van der Waals surface area contributed by atoms with Gasteiger partial charge in [0.1, 0.15) is 17.2 Å². The highest BCUT2D eigenvalue weighted by Crippen LogP contribution is 2.21. The number of carbonyl (C=O) groups is 2. The number of nitrogens with zero attached hydrogens (tertiary/aromatic N) is 4. The first kappa shape index (κ1) is 18.4. The van der Waals surface area contributed by atoms with Gasteiger partial charge in [0.05, 0.1) is 10.9 Å². The van der Waals surface area contributed by atoms with Crippen LogP contribution in [0.3, 0.4) is 0 Å². The van der Waals surface area contributed by atoms with Crippen molar-refractivity contribution < 1.29 is 9.59 Å². The Balaban J connectivity index is 1.46. The number of nitrogens with one attached hydrogen (secondary N) is 1. The van der Waals surface area contributed by atoms with Crippen LogP contribution >= 0.6 is 11.6 Å². The zero-order valence-electron chi connectivity index (χ0n) is 15.4. The molecule has 4 rings (SSSR count). The Bertz CT molecular complexity index is 1030. The van der Waals surface area contributed by atoms with Crippen molar-refractivity contribution in [3.8, 4) is 0 Å². The smallest absolute Gasteiger partial charge is 0.274 e. The summed E-state index contributed by atoms with van der Waals surface area (Å²) in [4.78, 5) is 35.8. The molecule has 0 radical (unpaired) electrons. The number of aromatic nitrogens is 3. The van der Waals surface area contributed by atoms with Crippen LogP contribution in [0.5, 0.6) is 0 Å². The molecule has 1 saturated heterocycles. The SMILES string of the molecule is Cc1cccc2nc(C(=O)N3CCCC(C(=O)Nc4ccc(Cl)cn4)C3)cn12. The second-order valence-corrected chi connectivity index (χ2v) is 7.40. The topological polar surface area (TPSA) is 79.6 Å². The van der Waals surface area contributed by atoms with Crippen molar-refractivity contribution in [2.45, 2.75) is 19.8 Å². The highest BCUT2D eigenvalue weighted by Gasteiger charge is 2.30. The lowest BCUT2D eigenvalue weighted by atomic mass is 9.97. The molecule has 28 heavy (non-hydrogen) atoms. The predicted molar refractivity (Wildman–Crippen MR) is 106 cm³/mol. The molecule has 0 aromatic carbocycles. The number of piperidine rings is 1. The molecule has 0 bridgehead atoms. The Morgan fingerprint density at radius 2 is 2.11 bits per heavy atom. The van der Waals surface area contributed by atoms with E-state index in [1.54, 1.807) is 23.2 Å². The van der Waals surface area contributed by atoms with Crippen molar-refractivity contribution in [2.24, 2.45) is 5.92 Å². The quantitative estimate of drug-likeness (QED) is 0.736. The maximum absolute atomic E-state index is 12.9. The number of fused-ring (bicyclic) bond motifs is 1. The van der Waals surface area contributed by atoms with E-state index in [2.05, 4.69) is 15.3 Å². The molecule has 1 unspecified atom stereocenters. The first-order valence-corrected chi connectivity index (χ1v) is 9.55. The van der Waals surface area contributed by atoms with Gasteiger partial charge in [-0.25, -0.2) is 9.97 Å². The van der Waals surface area contributed by atoms with Gasteiger partial charge in [-0.1, -0.05) is 17.7 Å². The third-order valence-corrected chi connectivity index (χ3v) is 5.20. The Labute approximate surface area is 167 Å². The Kier molecular flexibility index (Phi) is 5.00. The van der Waals surface area contributed by atoms with E-state index < -0.39 is 0 Å². The van der Waals surface area contributed by atoms with E-state index in [0.29, 0.717) is 29.6 Å². The first-order chi connectivity index (χ1) is 13.5. The Hall–Kier alpha value is -2.93. The van der Waals surface area contributed by atoms with E-state index in [-0.39, 0.29) is 17.7 Å². The number of anilines is 1. The van der Waals surface area contributed by atoms with Gasteiger partial charge in [0.2, 0.25) is 5.91 Å². The number of amides is 2. The summed E-state index contributed by atoms with van der Waals surface area (Å²) in [6.45, 7) is 2.95. The molecule has 1 aliphatic rings. The van der Waals surface area contributed by atoms with E-state index in [1.807, 2.05) is 29.5 Å². The summed E-state index contributed by atoms with van der Waals surface area (Å²) < 4.78 is 1.90. The molecule has 0 saturated carbocycles. The molecule has 144 valence electrons. The number of aryl methyl sites for hydroxylation is 1. The number of imidazole rings is 1. The van der Waals surface area contributed by atoms with E-state index in [9.17, 15) is 9.59 Å². The zero-order valence-corrected chi connectivity index (χ0v) is 16.2.